The molecule has 0 rings (SSSR count). The summed E-state index contributed by atoms with van der Waals surface area (Å²) in [6.07, 6.45) is -1.59. The van der Waals surface area contributed by atoms with Gasteiger partial charge in [0.05, 0.1) is 12.6 Å². The first-order valence-corrected chi connectivity index (χ1v) is 9.60. The molecule has 0 saturated heterocycles. The average Bonchev–Trinajstić information content (AvgIpc) is 2.70. The lowest BCUT2D eigenvalue weighted by molar-refractivity contribution is -0.142. The van der Waals surface area contributed by atoms with Gasteiger partial charge in [-0.2, -0.15) is 12.6 Å². The Hall–Kier alpha value is -2.91. The molecule has 0 spiro atoms. The highest BCUT2D eigenvalue weighted by Gasteiger charge is 2.30. The smallest absolute Gasteiger partial charge is 0.327 e. The fourth-order valence-electron chi connectivity index (χ4n) is 2.15. The molecular weight excluding hydrogens is 440 g/mol. The van der Waals surface area contributed by atoms with E-state index in [0.717, 1.165) is 0 Å². The van der Waals surface area contributed by atoms with Gasteiger partial charge in [0, 0.05) is 18.6 Å². The van der Waals surface area contributed by atoms with E-state index in [1.807, 2.05) is 0 Å². The van der Waals surface area contributed by atoms with Crippen molar-refractivity contribution in [2.45, 2.75) is 49.9 Å². The summed E-state index contributed by atoms with van der Waals surface area (Å²) in [4.78, 5) is 69.0. The van der Waals surface area contributed by atoms with Gasteiger partial charge in [-0.05, 0) is 12.8 Å². The molecule has 0 bridgehead atoms. The number of nitrogens with one attached hydrogen (secondary N) is 3. The number of hydrogen-bond acceptors (Lipinski definition) is 9. The van der Waals surface area contributed by atoms with Gasteiger partial charge in [-0.15, -0.1) is 0 Å². The van der Waals surface area contributed by atoms with Crippen LogP contribution in [0.5, 0.6) is 0 Å². The normalized spacial score (nSPS) is 14.4. The molecule has 14 nitrogen and oxygen atoms in total. The van der Waals surface area contributed by atoms with Crippen molar-refractivity contribution < 1.29 is 49.2 Å². The number of hydrogen-bond donors (Lipinski definition) is 9. The molecule has 4 atom stereocenters. The van der Waals surface area contributed by atoms with Crippen LogP contribution in [-0.4, -0.2) is 92.6 Å². The van der Waals surface area contributed by atoms with Crippen LogP contribution in [0.25, 0.3) is 0 Å². The van der Waals surface area contributed by atoms with Crippen molar-refractivity contribution in [3.05, 3.63) is 0 Å². The molecule has 9 N–H and O–H groups in total. The molecule has 0 fully saturated rings. The molecule has 0 aliphatic heterocycles. The molecule has 0 aromatic heterocycles. The number of amides is 3. The molecule has 0 aromatic rings. The van der Waals surface area contributed by atoms with Crippen LogP contribution in [0.15, 0.2) is 0 Å². The van der Waals surface area contributed by atoms with Crippen molar-refractivity contribution in [1.29, 1.82) is 0 Å². The highest BCUT2D eigenvalue weighted by molar-refractivity contribution is 7.80. The van der Waals surface area contributed by atoms with Gasteiger partial charge in [0.2, 0.25) is 17.7 Å². The largest absolute Gasteiger partial charge is 0.481 e. The number of aliphatic carboxylic acids is 3. The average molecular weight is 466 g/mol. The lowest BCUT2D eigenvalue weighted by Gasteiger charge is -2.23. The molecule has 0 aromatic carbocycles. The van der Waals surface area contributed by atoms with Crippen LogP contribution in [-0.2, 0) is 28.8 Å². The summed E-state index contributed by atoms with van der Waals surface area (Å²) in [7, 11) is 0. The van der Waals surface area contributed by atoms with Crippen LogP contribution in [0.4, 0.5) is 0 Å². The summed E-state index contributed by atoms with van der Waals surface area (Å²) in [6, 6.07) is -5.75. The second-order valence-electron chi connectivity index (χ2n) is 6.36. The van der Waals surface area contributed by atoms with E-state index >= 15 is 0 Å². The third-order valence-corrected chi connectivity index (χ3v) is 4.26. The van der Waals surface area contributed by atoms with Gasteiger partial charge >= 0.3 is 17.9 Å². The number of carbonyl (C=O) groups excluding carboxylic acids is 3. The summed E-state index contributed by atoms with van der Waals surface area (Å²) in [5.41, 5.74) is 5.52. The van der Waals surface area contributed by atoms with E-state index in [0.29, 0.717) is 0 Å². The van der Waals surface area contributed by atoms with Crippen molar-refractivity contribution in [2.75, 3.05) is 12.4 Å². The third-order valence-electron chi connectivity index (χ3n) is 3.90. The van der Waals surface area contributed by atoms with E-state index in [9.17, 15) is 33.9 Å². The highest BCUT2D eigenvalue weighted by Crippen LogP contribution is 2.02. The van der Waals surface area contributed by atoms with Gasteiger partial charge in [0.25, 0.3) is 0 Å². The van der Waals surface area contributed by atoms with Crippen molar-refractivity contribution in [1.82, 2.24) is 16.0 Å². The minimum Gasteiger partial charge on any atom is -0.481 e. The number of carbonyl (C=O) groups is 6. The molecule has 3 amide bonds. The predicted octanol–water partition coefficient (Wildman–Crippen LogP) is -3.50. The molecule has 15 heteroatoms. The van der Waals surface area contributed by atoms with Gasteiger partial charge in [-0.1, -0.05) is 0 Å². The predicted molar refractivity (Wildman–Crippen MR) is 106 cm³/mol. The second-order valence-corrected chi connectivity index (χ2v) is 6.72. The Labute approximate surface area is 182 Å². The Bertz CT molecular complexity index is 689. The molecule has 176 valence electrons. The quantitative estimate of drug-likeness (QED) is 0.107. The monoisotopic (exact) mass is 466 g/mol. The Morgan fingerprint density at radius 1 is 0.742 bits per heavy atom. The molecule has 0 aliphatic rings. The maximum absolute atomic E-state index is 12.4. The summed E-state index contributed by atoms with van der Waals surface area (Å²) in [5.74, 6) is -7.14. The number of nitrogens with two attached hydrogens (primary N) is 1. The first-order valence-electron chi connectivity index (χ1n) is 8.97. The van der Waals surface area contributed by atoms with E-state index in [1.54, 1.807) is 0 Å². The van der Waals surface area contributed by atoms with Crippen LogP contribution in [0.3, 0.4) is 0 Å². The maximum atomic E-state index is 12.4. The first-order chi connectivity index (χ1) is 14.4. The van der Waals surface area contributed by atoms with Crippen molar-refractivity contribution in [2.24, 2.45) is 5.73 Å². The molecule has 4 unspecified atom stereocenters. The van der Waals surface area contributed by atoms with Gasteiger partial charge in [0.1, 0.15) is 18.1 Å². The van der Waals surface area contributed by atoms with Gasteiger partial charge in [0.15, 0.2) is 0 Å². The van der Waals surface area contributed by atoms with E-state index in [1.165, 1.54) is 0 Å². The van der Waals surface area contributed by atoms with Crippen LogP contribution in [0, 0.1) is 0 Å². The zero-order valence-electron chi connectivity index (χ0n) is 16.3. The summed E-state index contributed by atoms with van der Waals surface area (Å²) >= 11 is 3.78. The fraction of sp³-hybridized carbons (Fsp3) is 0.625. The topological polar surface area (TPSA) is 245 Å². The summed E-state index contributed by atoms with van der Waals surface area (Å²) in [6.45, 7) is -0.912. The zero-order valence-corrected chi connectivity index (χ0v) is 17.2. The van der Waals surface area contributed by atoms with E-state index in [-0.39, 0.29) is 12.2 Å². The van der Waals surface area contributed by atoms with Crippen LogP contribution >= 0.6 is 12.6 Å². The molecule has 0 heterocycles. The molecule has 0 radical (unpaired) electrons. The Balaban J connectivity index is 5.19. The Kier molecular flexibility index (Phi) is 12.8. The highest BCUT2D eigenvalue weighted by atomic mass is 32.1. The van der Waals surface area contributed by atoms with Crippen molar-refractivity contribution in [3.63, 3.8) is 0 Å². The first kappa shape index (κ1) is 28.1. The number of carboxylic acids is 3. The fourth-order valence-corrected chi connectivity index (χ4v) is 2.40. The number of aliphatic hydroxyl groups excluding tert-OH is 1. The lowest BCUT2D eigenvalue weighted by atomic mass is 10.1. The standard InChI is InChI=1S/C16H26N4O10S/c17-7(1-3-11(22)23)13(26)19-9(5-21)15(28)18-8(2-4-12(24)25)14(27)20-10(6-31)16(29)30/h7-10,21,31H,1-6,17H2,(H,18,28)(H,19,26)(H,20,27)(H,22,23)(H,24,25)(H,29,30). The van der Waals surface area contributed by atoms with Gasteiger partial charge in [-0.3, -0.25) is 24.0 Å². The summed E-state index contributed by atoms with van der Waals surface area (Å²) in [5, 5.41) is 42.1. The van der Waals surface area contributed by atoms with Crippen molar-refractivity contribution in [3.8, 4) is 0 Å². The second kappa shape index (κ2) is 14.2. The third kappa shape index (κ3) is 11.2. The molecule has 0 saturated carbocycles. The number of rotatable bonds is 15. The van der Waals surface area contributed by atoms with Crippen LogP contribution in [0.1, 0.15) is 25.7 Å². The van der Waals surface area contributed by atoms with E-state index in [4.69, 9.17) is 21.1 Å². The minimum absolute atomic E-state index is 0.231. The number of carboxylic acid groups (broad SMARTS) is 3. The zero-order chi connectivity index (χ0) is 24.1. The van der Waals surface area contributed by atoms with Crippen LogP contribution < -0.4 is 21.7 Å². The number of thiol groups is 1. The maximum Gasteiger partial charge on any atom is 0.327 e. The van der Waals surface area contributed by atoms with Gasteiger partial charge in [-0.25, -0.2) is 4.79 Å². The minimum atomic E-state index is -1.58. The van der Waals surface area contributed by atoms with Crippen molar-refractivity contribution >= 4 is 48.3 Å². The van der Waals surface area contributed by atoms with E-state index < -0.39 is 85.7 Å². The Morgan fingerprint density at radius 2 is 1.19 bits per heavy atom. The summed E-state index contributed by atoms with van der Waals surface area (Å²) < 4.78 is 0. The number of aliphatic hydroxyl groups is 1. The Morgan fingerprint density at radius 3 is 1.65 bits per heavy atom. The van der Waals surface area contributed by atoms with E-state index in [2.05, 4.69) is 28.6 Å². The van der Waals surface area contributed by atoms with Crippen LogP contribution in [0.2, 0.25) is 0 Å². The molecule has 31 heavy (non-hydrogen) atoms. The van der Waals surface area contributed by atoms with Gasteiger partial charge < -0.3 is 42.1 Å². The molecule has 0 aliphatic carbocycles. The lowest BCUT2D eigenvalue weighted by Crippen LogP contribution is -2.58. The SMILES string of the molecule is NC(CCC(=O)O)C(=O)NC(CO)C(=O)NC(CCC(=O)O)C(=O)NC(CS)C(=O)O. The molecular formula is C16H26N4O10S.